The highest BCUT2D eigenvalue weighted by Crippen LogP contribution is 2.31. The summed E-state index contributed by atoms with van der Waals surface area (Å²) in [7, 11) is 1.51. The molecule has 0 aromatic carbocycles. The molecule has 3 N–H and O–H groups in total. The van der Waals surface area contributed by atoms with Crippen LogP contribution in [0.5, 0.6) is 0 Å². The zero-order chi connectivity index (χ0) is 14.6. The minimum absolute atomic E-state index is 0.200. The van der Waals surface area contributed by atoms with Crippen LogP contribution in [-0.2, 0) is 4.79 Å². The van der Waals surface area contributed by atoms with Gasteiger partial charge in [-0.15, -0.1) is 10.2 Å². The molecular formula is C13H18N4O3. The molecule has 20 heavy (non-hydrogen) atoms. The fraction of sp³-hybridized carbons (Fsp3) is 0.538. The van der Waals surface area contributed by atoms with Crippen molar-refractivity contribution in [3.63, 3.8) is 0 Å². The maximum Gasteiger partial charge on any atom is 0.329 e. The van der Waals surface area contributed by atoms with Gasteiger partial charge in [0.05, 0.1) is 0 Å². The van der Waals surface area contributed by atoms with E-state index < -0.39 is 11.5 Å². The van der Waals surface area contributed by atoms with Crippen molar-refractivity contribution in [2.45, 2.75) is 37.6 Å². The molecule has 7 heteroatoms. The largest absolute Gasteiger partial charge is 0.480 e. The van der Waals surface area contributed by atoms with Crippen molar-refractivity contribution in [3.05, 3.63) is 17.8 Å². The van der Waals surface area contributed by atoms with Crippen molar-refractivity contribution in [3.8, 4) is 0 Å². The summed E-state index contributed by atoms with van der Waals surface area (Å²) in [6.45, 7) is 0. The number of nitrogens with one attached hydrogen (secondary N) is 2. The Hall–Kier alpha value is -2.18. The number of carbonyl (C=O) groups is 2. The number of aromatic nitrogens is 2. The number of hydrogen-bond donors (Lipinski definition) is 3. The van der Waals surface area contributed by atoms with Crippen molar-refractivity contribution in [2.75, 3.05) is 12.4 Å². The molecule has 0 spiro atoms. The van der Waals surface area contributed by atoms with Crippen molar-refractivity contribution in [1.29, 1.82) is 0 Å². The molecule has 1 aromatic rings. The van der Waals surface area contributed by atoms with Crippen molar-refractivity contribution < 1.29 is 14.7 Å². The molecule has 1 amide bonds. The van der Waals surface area contributed by atoms with Crippen molar-refractivity contribution in [1.82, 2.24) is 15.5 Å². The van der Waals surface area contributed by atoms with Gasteiger partial charge in [-0.05, 0) is 25.0 Å². The number of nitrogens with zero attached hydrogens (tertiary/aromatic N) is 2. The molecule has 0 aliphatic heterocycles. The lowest BCUT2D eigenvalue weighted by atomic mass is 9.81. The van der Waals surface area contributed by atoms with E-state index in [0.29, 0.717) is 18.7 Å². The minimum atomic E-state index is -0.971. The van der Waals surface area contributed by atoms with Crippen LogP contribution in [0.1, 0.15) is 42.6 Å². The first-order valence-electron chi connectivity index (χ1n) is 6.65. The maximum atomic E-state index is 11.5. The van der Waals surface area contributed by atoms with Gasteiger partial charge in [0, 0.05) is 7.05 Å². The summed E-state index contributed by atoms with van der Waals surface area (Å²) in [6, 6.07) is 3.10. The number of aliphatic carboxylic acids is 1. The van der Waals surface area contributed by atoms with Crippen LogP contribution in [0.15, 0.2) is 12.1 Å². The van der Waals surface area contributed by atoms with Gasteiger partial charge >= 0.3 is 5.97 Å². The quantitative estimate of drug-likeness (QED) is 0.760. The van der Waals surface area contributed by atoms with Crippen LogP contribution < -0.4 is 10.6 Å². The van der Waals surface area contributed by atoms with Gasteiger partial charge in [0.2, 0.25) is 0 Å². The molecule has 2 rings (SSSR count). The fourth-order valence-corrected chi connectivity index (χ4v) is 2.44. The van der Waals surface area contributed by atoms with Crippen LogP contribution in [0.2, 0.25) is 0 Å². The lowest BCUT2D eigenvalue weighted by molar-refractivity contribution is -0.143. The molecule has 1 aliphatic carbocycles. The number of rotatable bonds is 4. The Morgan fingerprint density at radius 1 is 1.20 bits per heavy atom. The first-order valence-corrected chi connectivity index (χ1v) is 6.65. The number of amides is 1. The van der Waals surface area contributed by atoms with Gasteiger partial charge in [0.1, 0.15) is 11.4 Å². The maximum absolute atomic E-state index is 11.5. The number of carbonyl (C=O) groups excluding carboxylic acids is 1. The molecule has 7 nitrogen and oxygen atoms in total. The Bertz CT molecular complexity index is 495. The molecule has 1 aliphatic rings. The number of carboxylic acids is 1. The van der Waals surface area contributed by atoms with Crippen molar-refractivity contribution >= 4 is 17.7 Å². The van der Waals surface area contributed by atoms with E-state index in [9.17, 15) is 14.7 Å². The molecule has 0 saturated heterocycles. The Morgan fingerprint density at radius 2 is 1.90 bits per heavy atom. The van der Waals surface area contributed by atoms with Gasteiger partial charge in [-0.25, -0.2) is 4.79 Å². The fourth-order valence-electron chi connectivity index (χ4n) is 2.44. The average molecular weight is 278 g/mol. The Morgan fingerprint density at radius 3 is 2.40 bits per heavy atom. The highest BCUT2D eigenvalue weighted by atomic mass is 16.4. The van der Waals surface area contributed by atoms with E-state index in [1.54, 1.807) is 6.07 Å². The molecule has 1 saturated carbocycles. The molecule has 0 atom stereocenters. The predicted molar refractivity (Wildman–Crippen MR) is 72.5 cm³/mol. The Labute approximate surface area is 116 Å². The lowest BCUT2D eigenvalue weighted by Gasteiger charge is -2.34. The SMILES string of the molecule is CNC(=O)c1ccc(NC2(C(=O)O)CCCCC2)nn1. The smallest absolute Gasteiger partial charge is 0.329 e. The third kappa shape index (κ3) is 2.87. The third-order valence-electron chi connectivity index (χ3n) is 3.61. The Kier molecular flexibility index (Phi) is 4.16. The molecule has 1 heterocycles. The topological polar surface area (TPSA) is 104 Å². The van der Waals surface area contributed by atoms with E-state index in [0.717, 1.165) is 19.3 Å². The van der Waals surface area contributed by atoms with Crippen LogP contribution in [0, 0.1) is 0 Å². The summed E-state index contributed by atoms with van der Waals surface area (Å²) < 4.78 is 0. The van der Waals surface area contributed by atoms with Crippen molar-refractivity contribution in [2.24, 2.45) is 0 Å². The molecule has 1 fully saturated rings. The summed E-state index contributed by atoms with van der Waals surface area (Å²) in [5.74, 6) is -0.814. The normalized spacial score (nSPS) is 17.2. The molecule has 108 valence electrons. The van der Waals surface area contributed by atoms with Crippen LogP contribution in [0.3, 0.4) is 0 Å². The van der Waals surface area contributed by atoms with E-state index in [2.05, 4.69) is 20.8 Å². The van der Waals surface area contributed by atoms with E-state index >= 15 is 0 Å². The lowest BCUT2D eigenvalue weighted by Crippen LogP contribution is -2.48. The first kappa shape index (κ1) is 14.2. The highest BCUT2D eigenvalue weighted by molar-refractivity contribution is 5.92. The van der Waals surface area contributed by atoms with Gasteiger partial charge in [-0.2, -0.15) is 0 Å². The molecule has 1 aromatic heterocycles. The van der Waals surface area contributed by atoms with E-state index in [1.807, 2.05) is 0 Å². The summed E-state index contributed by atoms with van der Waals surface area (Å²) in [6.07, 6.45) is 3.95. The number of carboxylic acid groups (broad SMARTS) is 1. The minimum Gasteiger partial charge on any atom is -0.480 e. The van der Waals surface area contributed by atoms with Gasteiger partial charge in [0.15, 0.2) is 5.69 Å². The van der Waals surface area contributed by atoms with E-state index in [-0.39, 0.29) is 11.6 Å². The van der Waals surface area contributed by atoms with Crippen LogP contribution >= 0.6 is 0 Å². The van der Waals surface area contributed by atoms with Gasteiger partial charge < -0.3 is 15.7 Å². The highest BCUT2D eigenvalue weighted by Gasteiger charge is 2.39. The summed E-state index contributed by atoms with van der Waals surface area (Å²) in [5, 5.41) is 22.6. The van der Waals surface area contributed by atoms with Gasteiger partial charge in [-0.3, -0.25) is 4.79 Å². The molecule has 0 bridgehead atoms. The standard InChI is InChI=1S/C13H18N4O3/c1-14-11(18)9-5-6-10(17-16-9)15-13(12(19)20)7-3-2-4-8-13/h5-6H,2-4,7-8H2,1H3,(H,14,18)(H,15,17)(H,19,20). The van der Waals surface area contributed by atoms with Crippen LogP contribution in [-0.4, -0.2) is 39.8 Å². The second kappa shape index (κ2) is 5.85. The monoisotopic (exact) mass is 278 g/mol. The average Bonchev–Trinajstić information content (AvgIpc) is 2.48. The van der Waals surface area contributed by atoms with E-state index in [1.165, 1.54) is 13.1 Å². The summed E-state index contributed by atoms with van der Waals surface area (Å²) in [4.78, 5) is 22.9. The zero-order valence-corrected chi connectivity index (χ0v) is 11.3. The second-order valence-electron chi connectivity index (χ2n) is 4.96. The summed E-state index contributed by atoms with van der Waals surface area (Å²) in [5.41, 5.74) is -0.771. The summed E-state index contributed by atoms with van der Waals surface area (Å²) >= 11 is 0. The van der Waals surface area contributed by atoms with Gasteiger partial charge in [-0.1, -0.05) is 19.3 Å². The molecular weight excluding hydrogens is 260 g/mol. The molecule has 0 unspecified atom stereocenters. The van der Waals surface area contributed by atoms with Crippen LogP contribution in [0.4, 0.5) is 5.82 Å². The predicted octanol–water partition coefficient (Wildman–Crippen LogP) is 1.04. The van der Waals surface area contributed by atoms with Crippen LogP contribution in [0.25, 0.3) is 0 Å². The number of anilines is 1. The molecule has 0 radical (unpaired) electrons. The third-order valence-corrected chi connectivity index (χ3v) is 3.61. The Balaban J connectivity index is 2.15. The van der Waals surface area contributed by atoms with E-state index in [4.69, 9.17) is 0 Å². The first-order chi connectivity index (χ1) is 9.57. The van der Waals surface area contributed by atoms with Gasteiger partial charge in [0.25, 0.3) is 5.91 Å². The second-order valence-corrected chi connectivity index (χ2v) is 4.96. The number of hydrogen-bond acceptors (Lipinski definition) is 5. The zero-order valence-electron chi connectivity index (χ0n) is 11.3.